The minimum absolute atomic E-state index is 0.0805. The SMILES string of the molecule is CCc1ccc(Cc2ccccc2O[C@H]2O[C@H](C(O)C(C)=O)[C@](O)(C(C)=O)[C@@](O)(C(C)=O)[C@]2(O)C(C)=O)cc1. The van der Waals surface area contributed by atoms with Crippen molar-refractivity contribution in [1.29, 1.82) is 0 Å². The molecule has 1 unspecified atom stereocenters. The third-order valence-electron chi connectivity index (χ3n) is 7.44. The van der Waals surface area contributed by atoms with Gasteiger partial charge in [0.2, 0.25) is 17.5 Å². The van der Waals surface area contributed by atoms with E-state index in [0.717, 1.165) is 45.2 Å². The second-order valence-corrected chi connectivity index (χ2v) is 9.93. The molecule has 0 radical (unpaired) electrons. The minimum atomic E-state index is -3.56. The van der Waals surface area contributed by atoms with Gasteiger partial charge in [-0.05, 0) is 56.9 Å². The Labute approximate surface area is 226 Å². The van der Waals surface area contributed by atoms with Gasteiger partial charge in [-0.15, -0.1) is 0 Å². The van der Waals surface area contributed by atoms with E-state index >= 15 is 0 Å². The van der Waals surface area contributed by atoms with Gasteiger partial charge in [0.25, 0.3) is 0 Å². The summed E-state index contributed by atoms with van der Waals surface area (Å²) in [5.74, 6) is -4.89. The van der Waals surface area contributed by atoms with Gasteiger partial charge in [-0.1, -0.05) is 49.4 Å². The van der Waals surface area contributed by atoms with Crippen molar-refractivity contribution in [2.75, 3.05) is 0 Å². The van der Waals surface area contributed by atoms with Crippen molar-refractivity contribution < 1.29 is 49.1 Å². The monoisotopic (exact) mass is 542 g/mol. The Kier molecular flexibility index (Phi) is 8.59. The molecule has 210 valence electrons. The quantitative estimate of drug-likeness (QED) is 0.338. The Balaban J connectivity index is 2.17. The van der Waals surface area contributed by atoms with Gasteiger partial charge < -0.3 is 29.9 Å². The average molecular weight is 543 g/mol. The van der Waals surface area contributed by atoms with Crippen molar-refractivity contribution in [3.63, 3.8) is 0 Å². The summed E-state index contributed by atoms with van der Waals surface area (Å²) >= 11 is 0. The summed E-state index contributed by atoms with van der Waals surface area (Å²) in [6.45, 7) is 5.29. The maximum atomic E-state index is 12.9. The molecule has 3 rings (SSSR count). The van der Waals surface area contributed by atoms with Gasteiger partial charge in [0, 0.05) is 6.42 Å². The van der Waals surface area contributed by atoms with Gasteiger partial charge in [-0.3, -0.25) is 19.2 Å². The first-order valence-corrected chi connectivity index (χ1v) is 12.5. The second-order valence-electron chi connectivity index (χ2n) is 9.93. The van der Waals surface area contributed by atoms with Gasteiger partial charge in [0.15, 0.2) is 28.7 Å². The van der Waals surface area contributed by atoms with Crippen LogP contribution in [0, 0.1) is 0 Å². The highest BCUT2D eigenvalue weighted by molar-refractivity contribution is 6.05. The van der Waals surface area contributed by atoms with Crippen LogP contribution in [0.1, 0.15) is 51.3 Å². The summed E-state index contributed by atoms with van der Waals surface area (Å²) in [6, 6.07) is 14.3. The van der Waals surface area contributed by atoms with Crippen molar-refractivity contribution in [3.8, 4) is 5.75 Å². The Morgan fingerprint density at radius 2 is 1.38 bits per heavy atom. The molecule has 1 aliphatic heterocycles. The zero-order valence-corrected chi connectivity index (χ0v) is 22.5. The van der Waals surface area contributed by atoms with Crippen molar-refractivity contribution in [1.82, 2.24) is 0 Å². The molecular formula is C29H34O10. The van der Waals surface area contributed by atoms with E-state index in [2.05, 4.69) is 0 Å². The minimum Gasteiger partial charge on any atom is -0.461 e. The summed E-state index contributed by atoms with van der Waals surface area (Å²) in [5.41, 5.74) is -7.68. The number of aliphatic hydroxyl groups excluding tert-OH is 1. The standard InChI is InChI=1S/C29H34O10/c1-6-20-11-13-21(14-12-20)15-22-9-7-8-10-23(22)38-26-28(36,18(4)32)29(37,19(5)33)27(35,17(3)31)25(39-26)24(34)16(2)30/h7-14,24-26,34-37H,6,15H2,1-5H3/t24?,25-,26+,27-,28+,29+/m1/s1. The summed E-state index contributed by atoms with van der Waals surface area (Å²) in [4.78, 5) is 50.7. The van der Waals surface area contributed by atoms with Crippen LogP contribution in [0.5, 0.6) is 5.75 Å². The number of carbonyl (C=O) groups excluding carboxylic acids is 4. The number of ether oxygens (including phenoxy) is 2. The van der Waals surface area contributed by atoms with Crippen molar-refractivity contribution in [2.45, 2.75) is 82.8 Å². The van der Waals surface area contributed by atoms with Crippen LogP contribution in [0.15, 0.2) is 48.5 Å². The number of rotatable bonds is 10. The van der Waals surface area contributed by atoms with E-state index in [0.29, 0.717) is 12.0 Å². The van der Waals surface area contributed by atoms with Gasteiger partial charge in [-0.25, -0.2) is 0 Å². The maximum absolute atomic E-state index is 12.9. The molecule has 0 amide bonds. The van der Waals surface area contributed by atoms with Gasteiger partial charge in [-0.2, -0.15) is 0 Å². The molecule has 1 fully saturated rings. The fourth-order valence-corrected chi connectivity index (χ4v) is 5.03. The van der Waals surface area contributed by atoms with Crippen LogP contribution in [-0.2, 0) is 36.8 Å². The van der Waals surface area contributed by atoms with E-state index in [4.69, 9.17) is 9.47 Å². The van der Waals surface area contributed by atoms with E-state index in [1.54, 1.807) is 18.2 Å². The first-order chi connectivity index (χ1) is 18.2. The molecule has 2 aromatic rings. The molecule has 4 N–H and O–H groups in total. The Hall–Kier alpha value is -3.28. The normalized spacial score (nSPS) is 29.4. The van der Waals surface area contributed by atoms with Crippen molar-refractivity contribution >= 4 is 23.1 Å². The summed E-state index contributed by atoms with van der Waals surface area (Å²) in [6.07, 6.45) is -5.54. The number of Topliss-reactive ketones (excluding diaryl/α,β-unsaturated/α-hetero) is 4. The number of benzene rings is 2. The molecule has 0 saturated carbocycles. The first kappa shape index (κ1) is 30.3. The fourth-order valence-electron chi connectivity index (χ4n) is 5.03. The molecule has 0 aromatic heterocycles. The second kappa shape index (κ2) is 11.1. The maximum Gasteiger partial charge on any atom is 0.240 e. The highest BCUT2D eigenvalue weighted by Gasteiger charge is 2.80. The molecule has 1 saturated heterocycles. The smallest absolute Gasteiger partial charge is 0.240 e. The number of aryl methyl sites for hydroxylation is 1. The first-order valence-electron chi connectivity index (χ1n) is 12.5. The Bertz CT molecular complexity index is 1270. The molecule has 6 atom stereocenters. The molecule has 1 aliphatic rings. The number of aliphatic hydroxyl groups is 4. The predicted molar refractivity (Wildman–Crippen MR) is 138 cm³/mol. The van der Waals surface area contributed by atoms with Crippen molar-refractivity contribution in [3.05, 3.63) is 65.2 Å². The van der Waals surface area contributed by atoms with Gasteiger partial charge >= 0.3 is 0 Å². The van der Waals surface area contributed by atoms with Crippen LogP contribution in [0.25, 0.3) is 0 Å². The molecule has 10 nitrogen and oxygen atoms in total. The molecular weight excluding hydrogens is 508 g/mol. The lowest BCUT2D eigenvalue weighted by Crippen LogP contribution is -2.87. The zero-order chi connectivity index (χ0) is 29.3. The van der Waals surface area contributed by atoms with Crippen LogP contribution < -0.4 is 4.74 Å². The van der Waals surface area contributed by atoms with E-state index in [1.807, 2.05) is 31.2 Å². The van der Waals surface area contributed by atoms with Crippen LogP contribution >= 0.6 is 0 Å². The number of ketones is 4. The zero-order valence-electron chi connectivity index (χ0n) is 22.5. The molecule has 2 aromatic carbocycles. The topological polar surface area (TPSA) is 168 Å². The predicted octanol–water partition coefficient (Wildman–Crippen LogP) is 0.854. The molecule has 0 aliphatic carbocycles. The van der Waals surface area contributed by atoms with Crippen LogP contribution in [0.4, 0.5) is 0 Å². The number of hydrogen-bond acceptors (Lipinski definition) is 10. The van der Waals surface area contributed by atoms with Gasteiger partial charge in [0.05, 0.1) is 0 Å². The molecule has 39 heavy (non-hydrogen) atoms. The van der Waals surface area contributed by atoms with Crippen LogP contribution in [0.2, 0.25) is 0 Å². The largest absolute Gasteiger partial charge is 0.461 e. The molecule has 1 heterocycles. The lowest BCUT2D eigenvalue weighted by Gasteiger charge is -2.57. The fraction of sp³-hybridized carbons (Fsp3) is 0.448. The lowest BCUT2D eigenvalue weighted by molar-refractivity contribution is -0.358. The Morgan fingerprint density at radius 1 is 0.846 bits per heavy atom. The van der Waals surface area contributed by atoms with Crippen molar-refractivity contribution in [2.24, 2.45) is 0 Å². The summed E-state index contributed by atoms with van der Waals surface area (Å²) in [7, 11) is 0. The summed E-state index contributed by atoms with van der Waals surface area (Å²) < 4.78 is 11.5. The number of hydrogen-bond donors (Lipinski definition) is 4. The van der Waals surface area contributed by atoms with E-state index in [9.17, 15) is 39.6 Å². The number of para-hydroxylation sites is 1. The molecule has 10 heteroatoms. The Morgan fingerprint density at radius 3 is 1.87 bits per heavy atom. The third kappa shape index (κ3) is 4.83. The third-order valence-corrected chi connectivity index (χ3v) is 7.44. The molecule has 0 spiro atoms. The van der Waals surface area contributed by atoms with E-state index < -0.39 is 58.4 Å². The van der Waals surface area contributed by atoms with Gasteiger partial charge in [0.1, 0.15) is 18.0 Å². The van der Waals surface area contributed by atoms with Crippen LogP contribution in [0.3, 0.4) is 0 Å². The van der Waals surface area contributed by atoms with E-state index in [-0.39, 0.29) is 5.75 Å². The number of carbonyl (C=O) groups is 4. The van der Waals surface area contributed by atoms with E-state index in [1.165, 1.54) is 6.07 Å². The highest BCUT2D eigenvalue weighted by atomic mass is 16.7. The molecule has 0 bridgehead atoms. The average Bonchev–Trinajstić information content (AvgIpc) is 2.89. The highest BCUT2D eigenvalue weighted by Crippen LogP contribution is 2.48. The summed E-state index contributed by atoms with van der Waals surface area (Å²) in [5, 5.41) is 45.4. The van der Waals surface area contributed by atoms with Crippen LogP contribution in [-0.4, -0.2) is 78.9 Å². The lowest BCUT2D eigenvalue weighted by atomic mass is 9.60.